The van der Waals surface area contributed by atoms with Gasteiger partial charge in [-0.3, -0.25) is 4.79 Å². The Morgan fingerprint density at radius 2 is 2.00 bits per heavy atom. The molecule has 6 heteroatoms. The van der Waals surface area contributed by atoms with Crippen LogP contribution in [-0.4, -0.2) is 43.6 Å². The smallest absolute Gasteiger partial charge is 0.280 e. The Kier molecular flexibility index (Phi) is 5.33. The summed E-state index contributed by atoms with van der Waals surface area (Å²) in [6, 6.07) is 11.9. The summed E-state index contributed by atoms with van der Waals surface area (Å²) in [5.74, 6) is 0.534. The average Bonchev–Trinajstić information content (AvgIpc) is 2.58. The summed E-state index contributed by atoms with van der Waals surface area (Å²) in [6.07, 6.45) is 1.53. The number of anilines is 2. The third kappa shape index (κ3) is 4.24. The fourth-order valence-corrected chi connectivity index (χ4v) is 3.13. The van der Waals surface area contributed by atoms with Crippen molar-refractivity contribution in [1.82, 2.24) is 4.98 Å². The van der Waals surface area contributed by atoms with Crippen LogP contribution in [0.5, 0.6) is 0 Å². The molecule has 1 aromatic carbocycles. The molecule has 0 saturated carbocycles. The SMILES string of the molecule is Cc1ccccc1N1CC[NH+](CC(=O)Nc2ccc(Cl)cn2)CC1. The molecule has 2 N–H and O–H groups in total. The van der Waals surface area contributed by atoms with Crippen molar-refractivity contribution in [2.24, 2.45) is 0 Å². The highest BCUT2D eigenvalue weighted by Gasteiger charge is 2.23. The number of carbonyl (C=O) groups is 1. The van der Waals surface area contributed by atoms with Gasteiger partial charge in [-0.25, -0.2) is 4.98 Å². The van der Waals surface area contributed by atoms with E-state index in [0.29, 0.717) is 17.4 Å². The predicted molar refractivity (Wildman–Crippen MR) is 96.8 cm³/mol. The van der Waals surface area contributed by atoms with Crippen molar-refractivity contribution in [2.75, 3.05) is 42.9 Å². The van der Waals surface area contributed by atoms with E-state index in [1.165, 1.54) is 22.3 Å². The molecule has 3 rings (SSSR count). The number of nitrogens with one attached hydrogen (secondary N) is 2. The number of quaternary nitrogens is 1. The largest absolute Gasteiger partial charge is 0.360 e. The molecule has 1 fully saturated rings. The number of piperazine rings is 1. The van der Waals surface area contributed by atoms with E-state index in [1.54, 1.807) is 12.1 Å². The molecule has 1 aliphatic rings. The van der Waals surface area contributed by atoms with Gasteiger partial charge in [-0.1, -0.05) is 29.8 Å². The molecule has 24 heavy (non-hydrogen) atoms. The maximum absolute atomic E-state index is 12.2. The van der Waals surface area contributed by atoms with E-state index in [2.05, 4.69) is 46.4 Å². The van der Waals surface area contributed by atoms with Gasteiger partial charge in [0.2, 0.25) is 0 Å². The highest BCUT2D eigenvalue weighted by Crippen LogP contribution is 2.18. The quantitative estimate of drug-likeness (QED) is 0.880. The first-order chi connectivity index (χ1) is 11.6. The lowest BCUT2D eigenvalue weighted by molar-refractivity contribution is -0.892. The Hall–Kier alpha value is -2.11. The molecule has 0 aliphatic carbocycles. The number of nitrogens with zero attached hydrogens (tertiary/aromatic N) is 2. The maximum Gasteiger partial charge on any atom is 0.280 e. The number of benzene rings is 1. The monoisotopic (exact) mass is 345 g/mol. The molecule has 1 aromatic heterocycles. The Balaban J connectivity index is 1.49. The fraction of sp³-hybridized carbons (Fsp3) is 0.333. The van der Waals surface area contributed by atoms with Gasteiger partial charge in [0, 0.05) is 11.9 Å². The number of aryl methyl sites for hydroxylation is 1. The van der Waals surface area contributed by atoms with Gasteiger partial charge in [0.05, 0.1) is 31.2 Å². The van der Waals surface area contributed by atoms with Gasteiger partial charge in [-0.2, -0.15) is 0 Å². The van der Waals surface area contributed by atoms with Crippen molar-refractivity contribution in [3.05, 3.63) is 53.2 Å². The highest BCUT2D eigenvalue weighted by molar-refractivity contribution is 6.30. The van der Waals surface area contributed by atoms with E-state index in [1.807, 2.05) is 0 Å². The molecule has 5 nitrogen and oxygen atoms in total. The summed E-state index contributed by atoms with van der Waals surface area (Å²) in [4.78, 5) is 19.9. The summed E-state index contributed by atoms with van der Waals surface area (Å²) in [5.41, 5.74) is 2.60. The number of carbonyl (C=O) groups excluding carboxylic acids is 1. The Labute approximate surface area is 147 Å². The van der Waals surface area contributed by atoms with Gasteiger partial charge >= 0.3 is 0 Å². The first-order valence-electron chi connectivity index (χ1n) is 8.17. The molecule has 0 radical (unpaired) electrons. The van der Waals surface area contributed by atoms with E-state index in [4.69, 9.17) is 11.6 Å². The van der Waals surface area contributed by atoms with Crippen LogP contribution in [0.15, 0.2) is 42.6 Å². The molecule has 0 spiro atoms. The molecular weight excluding hydrogens is 324 g/mol. The lowest BCUT2D eigenvalue weighted by Gasteiger charge is -2.34. The Morgan fingerprint density at radius 1 is 1.25 bits per heavy atom. The molecule has 0 unspecified atom stereocenters. The third-order valence-corrected chi connectivity index (χ3v) is 4.56. The van der Waals surface area contributed by atoms with Crippen LogP contribution in [0.4, 0.5) is 11.5 Å². The zero-order valence-corrected chi connectivity index (χ0v) is 14.5. The number of amides is 1. The summed E-state index contributed by atoms with van der Waals surface area (Å²) in [6.45, 7) is 6.44. The lowest BCUT2D eigenvalue weighted by Crippen LogP contribution is -3.15. The first-order valence-corrected chi connectivity index (χ1v) is 8.55. The lowest BCUT2D eigenvalue weighted by atomic mass is 10.1. The van der Waals surface area contributed by atoms with Gasteiger partial charge in [-0.15, -0.1) is 0 Å². The van der Waals surface area contributed by atoms with Crippen molar-refractivity contribution >= 4 is 29.0 Å². The summed E-state index contributed by atoms with van der Waals surface area (Å²) in [7, 11) is 0. The van der Waals surface area contributed by atoms with Crippen LogP contribution in [0.1, 0.15) is 5.56 Å². The summed E-state index contributed by atoms with van der Waals surface area (Å²) >= 11 is 5.80. The van der Waals surface area contributed by atoms with Gasteiger partial charge < -0.3 is 15.1 Å². The number of rotatable bonds is 4. The summed E-state index contributed by atoms with van der Waals surface area (Å²) < 4.78 is 0. The minimum absolute atomic E-state index is 0.0100. The minimum Gasteiger partial charge on any atom is -0.360 e. The zero-order valence-electron chi connectivity index (χ0n) is 13.8. The van der Waals surface area contributed by atoms with Crippen LogP contribution >= 0.6 is 11.6 Å². The van der Waals surface area contributed by atoms with E-state index < -0.39 is 0 Å². The van der Waals surface area contributed by atoms with E-state index in [9.17, 15) is 4.79 Å². The van der Waals surface area contributed by atoms with Crippen LogP contribution in [0.2, 0.25) is 5.02 Å². The number of aromatic nitrogens is 1. The topological polar surface area (TPSA) is 49.7 Å². The van der Waals surface area contributed by atoms with Gasteiger partial charge in [0.1, 0.15) is 5.82 Å². The first kappa shape index (κ1) is 16.7. The molecule has 1 amide bonds. The highest BCUT2D eigenvalue weighted by atomic mass is 35.5. The fourth-order valence-electron chi connectivity index (χ4n) is 3.02. The molecule has 126 valence electrons. The average molecular weight is 346 g/mol. The van der Waals surface area contributed by atoms with E-state index >= 15 is 0 Å². The molecule has 2 aromatic rings. The van der Waals surface area contributed by atoms with Gasteiger partial charge in [0.15, 0.2) is 6.54 Å². The molecule has 2 heterocycles. The number of hydrogen-bond donors (Lipinski definition) is 2. The Bertz CT molecular complexity index is 696. The molecule has 0 bridgehead atoms. The second-order valence-electron chi connectivity index (χ2n) is 6.11. The van der Waals surface area contributed by atoms with Crippen LogP contribution < -0.4 is 15.1 Å². The Morgan fingerprint density at radius 3 is 2.67 bits per heavy atom. The van der Waals surface area contributed by atoms with Crippen molar-refractivity contribution in [3.63, 3.8) is 0 Å². The maximum atomic E-state index is 12.2. The molecule has 0 atom stereocenters. The molecule has 1 saturated heterocycles. The summed E-state index contributed by atoms with van der Waals surface area (Å²) in [5, 5.41) is 3.39. The number of halogens is 1. The van der Waals surface area contributed by atoms with Crippen molar-refractivity contribution in [2.45, 2.75) is 6.92 Å². The predicted octanol–water partition coefficient (Wildman–Crippen LogP) is 1.39. The van der Waals surface area contributed by atoms with Crippen LogP contribution in [0.25, 0.3) is 0 Å². The number of hydrogen-bond acceptors (Lipinski definition) is 3. The minimum atomic E-state index is -0.0100. The van der Waals surface area contributed by atoms with Gasteiger partial charge in [-0.05, 0) is 30.7 Å². The van der Waals surface area contributed by atoms with Crippen molar-refractivity contribution in [1.29, 1.82) is 0 Å². The van der Waals surface area contributed by atoms with Crippen molar-refractivity contribution < 1.29 is 9.69 Å². The van der Waals surface area contributed by atoms with E-state index in [0.717, 1.165) is 26.2 Å². The van der Waals surface area contributed by atoms with Crippen molar-refractivity contribution in [3.8, 4) is 0 Å². The van der Waals surface area contributed by atoms with Gasteiger partial charge in [0.25, 0.3) is 5.91 Å². The second kappa shape index (κ2) is 7.64. The third-order valence-electron chi connectivity index (χ3n) is 4.33. The molecular formula is C18H22ClN4O+. The van der Waals surface area contributed by atoms with Crippen LogP contribution in [0, 0.1) is 6.92 Å². The zero-order chi connectivity index (χ0) is 16.9. The normalized spacial score (nSPS) is 15.3. The van der Waals surface area contributed by atoms with E-state index in [-0.39, 0.29) is 5.91 Å². The van der Waals surface area contributed by atoms with Crippen LogP contribution in [-0.2, 0) is 4.79 Å². The second-order valence-corrected chi connectivity index (χ2v) is 6.55. The number of para-hydroxylation sites is 1. The van der Waals surface area contributed by atoms with Crippen LogP contribution in [0.3, 0.4) is 0 Å². The molecule has 1 aliphatic heterocycles. The number of pyridine rings is 1. The standard InChI is InChI=1S/C18H21ClN4O/c1-14-4-2-3-5-16(14)23-10-8-22(9-11-23)13-18(24)21-17-7-6-15(19)12-20-17/h2-7,12H,8-11,13H2,1H3,(H,20,21,24)/p+1.